The Bertz CT molecular complexity index is 1350. The largest absolute Gasteiger partial charge is 0.351 e. The number of carbonyl (C=O) groups is 1. The number of benzene rings is 3. The van der Waals surface area contributed by atoms with Crippen molar-refractivity contribution in [2.45, 2.75) is 31.8 Å². The summed E-state index contributed by atoms with van der Waals surface area (Å²) in [6.07, 6.45) is 3.89. The summed E-state index contributed by atoms with van der Waals surface area (Å²) < 4.78 is 0. The van der Waals surface area contributed by atoms with E-state index in [0.717, 1.165) is 27.9 Å². The van der Waals surface area contributed by atoms with Crippen LogP contribution < -0.4 is 4.90 Å². The zero-order chi connectivity index (χ0) is 23.2. The van der Waals surface area contributed by atoms with Crippen LogP contribution in [0.5, 0.6) is 0 Å². The highest BCUT2D eigenvalue weighted by molar-refractivity contribution is 6.04. The van der Waals surface area contributed by atoms with Gasteiger partial charge < -0.3 is 4.90 Å². The number of rotatable bonds is 3. The molecule has 1 fully saturated rings. The second kappa shape index (κ2) is 7.76. The van der Waals surface area contributed by atoms with E-state index in [1.165, 1.54) is 0 Å². The number of para-hydroxylation sites is 1. The third-order valence-corrected chi connectivity index (χ3v) is 7.01. The Hall–Kier alpha value is -4.15. The van der Waals surface area contributed by atoms with Crippen LogP contribution in [0, 0.1) is 41.9 Å². The molecule has 0 aromatic heterocycles. The van der Waals surface area contributed by atoms with Crippen molar-refractivity contribution in [1.29, 1.82) is 10.5 Å². The topological polar surface area (TPSA) is 67.9 Å². The molecule has 1 unspecified atom stereocenters. The number of aryl methyl sites for hydroxylation is 2. The predicted molar refractivity (Wildman–Crippen MR) is 129 cm³/mol. The van der Waals surface area contributed by atoms with Gasteiger partial charge in [-0.05, 0) is 36.6 Å². The Morgan fingerprint density at radius 1 is 0.939 bits per heavy atom. The van der Waals surface area contributed by atoms with Gasteiger partial charge in [0.1, 0.15) is 6.04 Å². The minimum Gasteiger partial charge on any atom is -0.351 e. The Morgan fingerprint density at radius 3 is 2.36 bits per heavy atom. The molecule has 0 radical (unpaired) electrons. The van der Waals surface area contributed by atoms with Crippen LogP contribution in [0.25, 0.3) is 6.08 Å². The first-order valence-corrected chi connectivity index (χ1v) is 11.1. The normalized spacial score (nSPS) is 22.1. The number of hydrogen-bond acceptors (Lipinski definition) is 4. The lowest BCUT2D eigenvalue weighted by molar-refractivity contribution is 0.0951. The Kier molecular flexibility index (Phi) is 4.88. The van der Waals surface area contributed by atoms with Gasteiger partial charge in [0.15, 0.2) is 11.2 Å². The van der Waals surface area contributed by atoms with E-state index in [2.05, 4.69) is 12.1 Å². The van der Waals surface area contributed by atoms with Crippen molar-refractivity contribution in [3.05, 3.63) is 107 Å². The molecule has 1 saturated heterocycles. The number of fused-ring (bicyclic) bond motifs is 3. The summed E-state index contributed by atoms with van der Waals surface area (Å²) in [5, 5.41) is 21.0. The smallest absolute Gasteiger partial charge is 0.185 e. The van der Waals surface area contributed by atoms with Crippen molar-refractivity contribution in [3.8, 4) is 12.1 Å². The Morgan fingerprint density at radius 2 is 1.64 bits per heavy atom. The third kappa shape index (κ3) is 2.99. The highest BCUT2D eigenvalue weighted by Gasteiger charge is 2.63. The van der Waals surface area contributed by atoms with E-state index in [0.29, 0.717) is 5.56 Å². The number of Topliss-reactive ketones (excluding diaryl/α,β-unsaturated/α-hetero) is 1. The lowest BCUT2D eigenvalue weighted by atomic mass is 9.68. The van der Waals surface area contributed by atoms with Crippen LogP contribution in [0.2, 0.25) is 0 Å². The van der Waals surface area contributed by atoms with Gasteiger partial charge in [-0.1, -0.05) is 84.4 Å². The molecule has 2 aliphatic rings. The molecular formula is C29H23N3O. The van der Waals surface area contributed by atoms with Crippen molar-refractivity contribution in [3.63, 3.8) is 0 Å². The molecule has 0 bridgehead atoms. The van der Waals surface area contributed by atoms with Gasteiger partial charge in [-0.25, -0.2) is 0 Å². The summed E-state index contributed by atoms with van der Waals surface area (Å²) in [6.45, 7) is 3.98. The monoisotopic (exact) mass is 429 g/mol. The zero-order valence-electron chi connectivity index (χ0n) is 18.6. The lowest BCUT2D eigenvalue weighted by Crippen LogP contribution is -2.44. The van der Waals surface area contributed by atoms with E-state index in [4.69, 9.17) is 0 Å². The molecule has 0 saturated carbocycles. The van der Waals surface area contributed by atoms with Crippen LogP contribution in [0.1, 0.15) is 38.5 Å². The van der Waals surface area contributed by atoms with Crippen molar-refractivity contribution < 1.29 is 4.79 Å². The molecule has 2 aliphatic heterocycles. The van der Waals surface area contributed by atoms with Crippen LogP contribution in [-0.4, -0.2) is 17.9 Å². The number of hydrogen-bond donors (Lipinski definition) is 0. The first-order chi connectivity index (χ1) is 16.0. The standard InChI is InChI=1S/C29H23N3O/c1-19-12-13-20(2)23(16-19)26-27(28(33)22-9-4-3-5-10-22)32-24-11-7-6-8-21(24)14-15-25(32)29(26,17-30)18-31/h3-16,25-27H,1-2H3/t25?,26-,27+/m0/s1. The second-order valence-electron chi connectivity index (χ2n) is 8.88. The first-order valence-electron chi connectivity index (χ1n) is 11.1. The Balaban J connectivity index is 1.83. The summed E-state index contributed by atoms with van der Waals surface area (Å²) in [5.41, 5.74) is 3.91. The van der Waals surface area contributed by atoms with Gasteiger partial charge in [-0.3, -0.25) is 4.79 Å². The van der Waals surface area contributed by atoms with Crippen LogP contribution in [0.3, 0.4) is 0 Å². The van der Waals surface area contributed by atoms with Gasteiger partial charge in [-0.2, -0.15) is 10.5 Å². The predicted octanol–water partition coefficient (Wildman–Crippen LogP) is 5.59. The molecule has 0 amide bonds. The molecule has 3 aromatic carbocycles. The second-order valence-corrected chi connectivity index (χ2v) is 8.88. The average Bonchev–Trinajstić information content (AvgIpc) is 3.16. The number of nitrogens with zero attached hydrogens (tertiary/aromatic N) is 3. The highest BCUT2D eigenvalue weighted by atomic mass is 16.1. The van der Waals surface area contributed by atoms with Crippen LogP contribution in [0.15, 0.2) is 78.9 Å². The summed E-state index contributed by atoms with van der Waals surface area (Å²) >= 11 is 0. The van der Waals surface area contributed by atoms with E-state index in [1.807, 2.05) is 104 Å². The molecule has 5 rings (SSSR count). The highest BCUT2D eigenvalue weighted by Crippen LogP contribution is 2.56. The lowest BCUT2D eigenvalue weighted by Gasteiger charge is -2.35. The van der Waals surface area contributed by atoms with Crippen LogP contribution >= 0.6 is 0 Å². The van der Waals surface area contributed by atoms with Crippen molar-refractivity contribution in [1.82, 2.24) is 0 Å². The fraction of sp³-hybridized carbons (Fsp3) is 0.207. The Labute approximate surface area is 194 Å². The van der Waals surface area contributed by atoms with E-state index in [9.17, 15) is 15.3 Å². The van der Waals surface area contributed by atoms with E-state index in [-0.39, 0.29) is 5.78 Å². The average molecular weight is 430 g/mol. The van der Waals surface area contributed by atoms with Gasteiger partial charge in [-0.15, -0.1) is 0 Å². The molecular weight excluding hydrogens is 406 g/mol. The molecule has 3 atom stereocenters. The quantitative estimate of drug-likeness (QED) is 0.509. The number of ketones is 1. The zero-order valence-corrected chi connectivity index (χ0v) is 18.6. The maximum Gasteiger partial charge on any atom is 0.185 e. The van der Waals surface area contributed by atoms with Gasteiger partial charge in [0.2, 0.25) is 0 Å². The van der Waals surface area contributed by atoms with Crippen molar-refractivity contribution >= 4 is 17.5 Å². The first kappa shape index (κ1) is 20.7. The molecule has 0 aliphatic carbocycles. The number of carbonyl (C=O) groups excluding carboxylic acids is 1. The van der Waals surface area contributed by atoms with Gasteiger partial charge in [0, 0.05) is 17.2 Å². The van der Waals surface area contributed by atoms with Crippen molar-refractivity contribution in [2.75, 3.05) is 4.90 Å². The molecule has 4 nitrogen and oxygen atoms in total. The van der Waals surface area contributed by atoms with E-state index >= 15 is 0 Å². The number of nitriles is 2. The summed E-state index contributed by atoms with van der Waals surface area (Å²) in [4.78, 5) is 16.1. The SMILES string of the molecule is Cc1ccc(C)c([C@H]2[C@H](C(=O)c3ccccc3)N3c4ccccc4C=CC3C2(C#N)C#N)c1. The maximum atomic E-state index is 14.1. The van der Waals surface area contributed by atoms with Crippen LogP contribution in [0.4, 0.5) is 5.69 Å². The van der Waals surface area contributed by atoms with Crippen molar-refractivity contribution in [2.24, 2.45) is 5.41 Å². The molecule has 0 N–H and O–H groups in total. The summed E-state index contributed by atoms with van der Waals surface area (Å²) in [7, 11) is 0. The minimum absolute atomic E-state index is 0.0796. The summed E-state index contributed by atoms with van der Waals surface area (Å²) in [5.74, 6) is -0.690. The minimum atomic E-state index is -1.42. The maximum absolute atomic E-state index is 14.1. The molecule has 4 heteroatoms. The molecule has 3 aromatic rings. The fourth-order valence-corrected chi connectivity index (χ4v) is 5.45. The number of anilines is 1. The van der Waals surface area contributed by atoms with Gasteiger partial charge >= 0.3 is 0 Å². The van der Waals surface area contributed by atoms with Gasteiger partial charge in [0.05, 0.1) is 18.2 Å². The summed E-state index contributed by atoms with van der Waals surface area (Å²) in [6, 6.07) is 26.6. The van der Waals surface area contributed by atoms with E-state index < -0.39 is 23.4 Å². The molecule has 2 heterocycles. The van der Waals surface area contributed by atoms with Crippen LogP contribution in [-0.2, 0) is 0 Å². The van der Waals surface area contributed by atoms with E-state index in [1.54, 1.807) is 0 Å². The fourth-order valence-electron chi connectivity index (χ4n) is 5.45. The van der Waals surface area contributed by atoms with Gasteiger partial charge in [0.25, 0.3) is 0 Å². The molecule has 160 valence electrons. The molecule has 0 spiro atoms. The molecule has 33 heavy (non-hydrogen) atoms. The third-order valence-electron chi connectivity index (χ3n) is 7.01.